The zero-order valence-electron chi connectivity index (χ0n) is 13.9. The van der Waals surface area contributed by atoms with Crippen molar-refractivity contribution in [1.29, 1.82) is 0 Å². The van der Waals surface area contributed by atoms with Gasteiger partial charge < -0.3 is 14.5 Å². The molecule has 0 aliphatic heterocycles. The molecule has 3 aromatic rings. The summed E-state index contributed by atoms with van der Waals surface area (Å²) in [5.41, 5.74) is 2.59. The van der Waals surface area contributed by atoms with Crippen molar-refractivity contribution >= 4 is 32.5 Å². The maximum atomic E-state index is 5.95. The Morgan fingerprint density at radius 3 is 3.00 bits per heavy atom. The summed E-state index contributed by atoms with van der Waals surface area (Å²) in [5.74, 6) is 7.85. The van der Waals surface area contributed by atoms with Crippen LogP contribution in [-0.4, -0.2) is 22.1 Å². The lowest BCUT2D eigenvalue weighted by atomic mass is 10.1. The highest BCUT2D eigenvalue weighted by Gasteiger charge is 2.13. The molecular weight excluding hydrogens is 394 g/mol. The van der Waals surface area contributed by atoms with Gasteiger partial charge in [0, 0.05) is 16.6 Å². The number of aromatic amines is 1. The summed E-state index contributed by atoms with van der Waals surface area (Å²) in [5, 5.41) is 0.806. The van der Waals surface area contributed by atoms with Crippen LogP contribution in [0.5, 0.6) is 11.6 Å². The summed E-state index contributed by atoms with van der Waals surface area (Å²) in [4.78, 5) is 11.9. The van der Waals surface area contributed by atoms with Gasteiger partial charge in [0.25, 0.3) is 0 Å². The molecule has 2 heterocycles. The van der Waals surface area contributed by atoms with E-state index in [1.165, 1.54) is 6.33 Å². The Morgan fingerprint density at radius 1 is 1.23 bits per heavy atom. The molecule has 128 valence electrons. The SMILES string of the molecule is COC1=CC(c2cc3c(Oc4cccc(Br)c4)ncnc3[nH]2)=CCC#C1. The molecule has 0 bridgehead atoms. The molecule has 0 fully saturated rings. The monoisotopic (exact) mass is 407 g/mol. The Morgan fingerprint density at radius 2 is 2.15 bits per heavy atom. The van der Waals surface area contributed by atoms with Crippen molar-refractivity contribution in [3.63, 3.8) is 0 Å². The molecular formula is C20H14BrN3O2. The quantitative estimate of drug-likeness (QED) is 0.628. The summed E-state index contributed by atoms with van der Waals surface area (Å²) < 4.78 is 12.2. The zero-order valence-corrected chi connectivity index (χ0v) is 15.5. The van der Waals surface area contributed by atoms with E-state index in [1.807, 2.05) is 42.5 Å². The molecule has 0 atom stereocenters. The van der Waals surface area contributed by atoms with Crippen molar-refractivity contribution < 1.29 is 9.47 Å². The van der Waals surface area contributed by atoms with Gasteiger partial charge in [-0.3, -0.25) is 0 Å². The molecule has 5 nitrogen and oxygen atoms in total. The van der Waals surface area contributed by atoms with Crippen LogP contribution in [0.3, 0.4) is 0 Å². The molecule has 0 amide bonds. The zero-order chi connectivity index (χ0) is 17.9. The molecule has 1 N–H and O–H groups in total. The fourth-order valence-corrected chi connectivity index (χ4v) is 3.01. The molecule has 2 aromatic heterocycles. The van der Waals surface area contributed by atoms with Crippen molar-refractivity contribution in [2.45, 2.75) is 6.42 Å². The molecule has 26 heavy (non-hydrogen) atoms. The van der Waals surface area contributed by atoms with Crippen LogP contribution in [0.15, 0.2) is 59.0 Å². The Labute approximate surface area is 158 Å². The predicted molar refractivity (Wildman–Crippen MR) is 104 cm³/mol. The first-order chi connectivity index (χ1) is 12.7. The summed E-state index contributed by atoms with van der Waals surface area (Å²) >= 11 is 3.44. The maximum absolute atomic E-state index is 5.95. The third-order valence-electron chi connectivity index (χ3n) is 3.85. The van der Waals surface area contributed by atoms with Gasteiger partial charge in [-0.2, -0.15) is 0 Å². The smallest absolute Gasteiger partial charge is 0.231 e. The second-order valence-electron chi connectivity index (χ2n) is 5.56. The fourth-order valence-electron chi connectivity index (χ4n) is 2.63. The molecule has 1 aliphatic rings. The molecule has 1 aromatic carbocycles. The Kier molecular flexibility index (Phi) is 4.46. The molecule has 6 heteroatoms. The molecule has 0 radical (unpaired) electrons. The highest BCUT2D eigenvalue weighted by atomic mass is 79.9. The number of fused-ring (bicyclic) bond motifs is 1. The van der Waals surface area contributed by atoms with E-state index >= 15 is 0 Å². The number of methoxy groups -OCH3 is 1. The first-order valence-corrected chi connectivity index (χ1v) is 8.74. The number of H-pyrrole nitrogens is 1. The number of benzene rings is 1. The summed E-state index contributed by atoms with van der Waals surface area (Å²) in [6.07, 6.45) is 6.09. The highest BCUT2D eigenvalue weighted by molar-refractivity contribution is 9.10. The van der Waals surface area contributed by atoms with Gasteiger partial charge in [-0.1, -0.05) is 34.0 Å². The van der Waals surface area contributed by atoms with Gasteiger partial charge in [-0.15, -0.1) is 0 Å². The fraction of sp³-hybridized carbons (Fsp3) is 0.100. The van der Waals surface area contributed by atoms with Crippen molar-refractivity contribution in [3.05, 3.63) is 64.7 Å². The van der Waals surface area contributed by atoms with Crippen LogP contribution < -0.4 is 4.74 Å². The number of hydrogen-bond donors (Lipinski definition) is 1. The van der Waals surface area contributed by atoms with Crippen molar-refractivity contribution in [2.75, 3.05) is 7.11 Å². The van der Waals surface area contributed by atoms with Gasteiger partial charge in [-0.25, -0.2) is 9.97 Å². The lowest BCUT2D eigenvalue weighted by molar-refractivity contribution is 0.311. The van der Waals surface area contributed by atoms with Gasteiger partial charge in [0.15, 0.2) is 5.76 Å². The average molecular weight is 408 g/mol. The van der Waals surface area contributed by atoms with Crippen molar-refractivity contribution in [2.24, 2.45) is 0 Å². The number of aromatic nitrogens is 3. The van der Waals surface area contributed by atoms with Crippen molar-refractivity contribution in [1.82, 2.24) is 15.0 Å². The van der Waals surface area contributed by atoms with E-state index in [2.05, 4.69) is 42.7 Å². The molecule has 4 rings (SSSR count). The lowest BCUT2D eigenvalue weighted by Gasteiger charge is -2.05. The normalized spacial score (nSPS) is 13.3. The van der Waals surface area contributed by atoms with Crippen LogP contribution in [0.2, 0.25) is 0 Å². The van der Waals surface area contributed by atoms with E-state index < -0.39 is 0 Å². The van der Waals surface area contributed by atoms with Gasteiger partial charge >= 0.3 is 0 Å². The van der Waals surface area contributed by atoms with E-state index in [1.54, 1.807) is 7.11 Å². The maximum Gasteiger partial charge on any atom is 0.231 e. The van der Waals surface area contributed by atoms with E-state index in [0.717, 1.165) is 21.1 Å². The highest BCUT2D eigenvalue weighted by Crippen LogP contribution is 2.31. The minimum atomic E-state index is 0.497. The first-order valence-electron chi connectivity index (χ1n) is 7.95. The topological polar surface area (TPSA) is 60.0 Å². The third kappa shape index (κ3) is 3.35. The van der Waals surface area contributed by atoms with Crippen LogP contribution in [0.1, 0.15) is 12.1 Å². The number of ether oxygens (including phenoxy) is 2. The number of allylic oxidation sites excluding steroid dienone is 4. The van der Waals surface area contributed by atoms with Crippen LogP contribution >= 0.6 is 15.9 Å². The van der Waals surface area contributed by atoms with Crippen LogP contribution in [0.4, 0.5) is 0 Å². The lowest BCUT2D eigenvalue weighted by Crippen LogP contribution is -1.89. The number of nitrogens with one attached hydrogen (secondary N) is 1. The van der Waals surface area contributed by atoms with Gasteiger partial charge in [0.2, 0.25) is 5.88 Å². The van der Waals surface area contributed by atoms with E-state index in [9.17, 15) is 0 Å². The third-order valence-corrected chi connectivity index (χ3v) is 4.35. The summed E-state index contributed by atoms with van der Waals surface area (Å²) in [7, 11) is 1.62. The van der Waals surface area contributed by atoms with Gasteiger partial charge in [0.05, 0.1) is 12.5 Å². The molecule has 0 spiro atoms. The molecule has 1 aliphatic carbocycles. The standard InChI is InChI=1S/C20H14BrN3O2/c1-25-15-7-3-2-5-13(9-15)18-11-17-19(24-18)22-12-23-20(17)26-16-8-4-6-14(21)10-16/h4-6,8-12H,2H2,1H3,(H,22,23,24). The second kappa shape index (κ2) is 7.06. The van der Waals surface area contributed by atoms with E-state index in [0.29, 0.717) is 29.5 Å². The average Bonchev–Trinajstić information content (AvgIpc) is 2.93. The molecule has 0 unspecified atom stereocenters. The Bertz CT molecular complexity index is 1100. The van der Waals surface area contributed by atoms with E-state index in [4.69, 9.17) is 9.47 Å². The summed E-state index contributed by atoms with van der Waals surface area (Å²) in [6, 6.07) is 9.60. The van der Waals surface area contributed by atoms with Crippen LogP contribution in [-0.2, 0) is 4.74 Å². The minimum absolute atomic E-state index is 0.497. The largest absolute Gasteiger partial charge is 0.489 e. The molecule has 0 saturated carbocycles. The van der Waals surface area contributed by atoms with Crippen LogP contribution in [0, 0.1) is 11.8 Å². The first kappa shape index (κ1) is 16.4. The van der Waals surface area contributed by atoms with Gasteiger partial charge in [-0.05, 0) is 41.8 Å². The second-order valence-corrected chi connectivity index (χ2v) is 6.48. The van der Waals surface area contributed by atoms with Gasteiger partial charge in [0.1, 0.15) is 17.7 Å². The number of hydrogen-bond acceptors (Lipinski definition) is 4. The molecule has 0 saturated heterocycles. The summed E-state index contributed by atoms with van der Waals surface area (Å²) in [6.45, 7) is 0. The number of rotatable bonds is 4. The number of halogens is 1. The minimum Gasteiger partial charge on any atom is -0.489 e. The van der Waals surface area contributed by atoms with Crippen LogP contribution in [0.25, 0.3) is 16.6 Å². The van der Waals surface area contributed by atoms with E-state index in [-0.39, 0.29) is 0 Å². The Hall–Kier alpha value is -3.04. The van der Waals surface area contributed by atoms with Crippen molar-refractivity contribution in [3.8, 4) is 23.5 Å². The number of nitrogens with zero attached hydrogens (tertiary/aromatic N) is 2. The predicted octanol–water partition coefficient (Wildman–Crippen LogP) is 4.83. The Balaban J connectivity index is 1.73.